The molecule has 0 aromatic heterocycles. The van der Waals surface area contributed by atoms with Crippen LogP contribution < -0.4 is 0 Å². The van der Waals surface area contributed by atoms with E-state index in [2.05, 4.69) is 39.8 Å². The number of hydrogen-bond acceptors (Lipinski definition) is 2. The Morgan fingerprint density at radius 3 is 2.00 bits per heavy atom. The first-order valence-electron chi connectivity index (χ1n) is 8.20. The molecule has 0 atom stereocenters. The molecule has 120 valence electrons. The molecule has 0 heterocycles. The van der Waals surface area contributed by atoms with E-state index in [4.69, 9.17) is 4.74 Å². The molecule has 0 fully saturated rings. The monoisotopic (exact) mass is 292 g/mol. The van der Waals surface area contributed by atoms with Gasteiger partial charge in [-0.1, -0.05) is 42.7 Å². The van der Waals surface area contributed by atoms with Crippen LogP contribution in [0.2, 0.25) is 0 Å². The van der Waals surface area contributed by atoms with E-state index in [1.165, 1.54) is 16.7 Å². The average Bonchev–Trinajstić information content (AvgIpc) is 2.44. The first-order valence-corrected chi connectivity index (χ1v) is 8.20. The van der Waals surface area contributed by atoms with Crippen LogP contribution in [0, 0.1) is 0 Å². The van der Waals surface area contributed by atoms with Crippen molar-refractivity contribution in [3.63, 3.8) is 0 Å². The fourth-order valence-corrected chi connectivity index (χ4v) is 2.13. The third-order valence-corrected chi connectivity index (χ3v) is 3.43. The van der Waals surface area contributed by atoms with Gasteiger partial charge in [-0.2, -0.15) is 0 Å². The molecule has 0 unspecified atom stereocenters. The largest absolute Gasteiger partial charge is 0.463 e. The molecule has 0 aliphatic carbocycles. The second-order valence-electron chi connectivity index (χ2n) is 5.48. The van der Waals surface area contributed by atoms with Crippen molar-refractivity contribution in [2.75, 3.05) is 6.61 Å². The van der Waals surface area contributed by atoms with Crippen LogP contribution in [-0.4, -0.2) is 12.6 Å². The highest BCUT2D eigenvalue weighted by Gasteiger charge is 2.01. The topological polar surface area (TPSA) is 26.3 Å². The highest BCUT2D eigenvalue weighted by molar-refractivity contribution is 5.82. The van der Waals surface area contributed by atoms with Crippen molar-refractivity contribution in [1.82, 2.24) is 0 Å². The minimum absolute atomic E-state index is 0.211. The van der Waals surface area contributed by atoms with Gasteiger partial charge in [0, 0.05) is 6.08 Å². The van der Waals surface area contributed by atoms with Crippen molar-refractivity contribution in [1.29, 1.82) is 0 Å². The molecule has 0 aliphatic rings. The predicted octanol–water partition coefficient (Wildman–Crippen LogP) is 5.75. The summed E-state index contributed by atoms with van der Waals surface area (Å²) >= 11 is 0. The Morgan fingerprint density at radius 2 is 1.48 bits per heavy atom. The lowest BCUT2D eigenvalue weighted by Gasteiger charge is -2.06. The van der Waals surface area contributed by atoms with Crippen molar-refractivity contribution in [3.05, 3.63) is 34.9 Å². The summed E-state index contributed by atoms with van der Waals surface area (Å²) in [7, 11) is 0. The van der Waals surface area contributed by atoms with Crippen molar-refractivity contribution in [2.45, 2.75) is 73.1 Å². The van der Waals surface area contributed by atoms with Crippen molar-refractivity contribution < 1.29 is 9.53 Å². The highest BCUT2D eigenvalue weighted by Crippen LogP contribution is 2.16. The predicted molar refractivity (Wildman–Crippen MR) is 91.3 cm³/mol. The second kappa shape index (κ2) is 12.4. The van der Waals surface area contributed by atoms with Crippen LogP contribution in [0.3, 0.4) is 0 Å². The Bertz CT molecular complexity index is 382. The second-order valence-corrected chi connectivity index (χ2v) is 5.48. The Labute approximate surface area is 131 Å². The van der Waals surface area contributed by atoms with Crippen LogP contribution in [0.5, 0.6) is 0 Å². The number of allylic oxidation sites excluding steroid dienone is 5. The normalized spacial score (nSPS) is 12.2. The maximum Gasteiger partial charge on any atom is 0.330 e. The van der Waals surface area contributed by atoms with Crippen LogP contribution in [0.4, 0.5) is 0 Å². The van der Waals surface area contributed by atoms with E-state index in [1.807, 2.05) is 6.92 Å². The Morgan fingerprint density at radius 1 is 0.905 bits per heavy atom. The zero-order chi connectivity index (χ0) is 16.1. The molecular formula is C19H32O2. The van der Waals surface area contributed by atoms with E-state index in [-0.39, 0.29) is 5.97 Å². The third-order valence-electron chi connectivity index (χ3n) is 3.43. The SMILES string of the molecule is CCOC(=O)C=C(CC)CCC=C(CC)CCC=C(C)C. The van der Waals surface area contributed by atoms with E-state index in [1.54, 1.807) is 6.08 Å². The summed E-state index contributed by atoms with van der Waals surface area (Å²) in [5.41, 5.74) is 4.07. The number of ether oxygens (including phenoxy) is 1. The Hall–Kier alpha value is -1.31. The van der Waals surface area contributed by atoms with Crippen molar-refractivity contribution in [3.8, 4) is 0 Å². The number of carbonyl (C=O) groups is 1. The molecule has 0 bridgehead atoms. The summed E-state index contributed by atoms with van der Waals surface area (Å²) in [6.07, 6.45) is 12.5. The molecule has 0 saturated heterocycles. The lowest BCUT2D eigenvalue weighted by Crippen LogP contribution is -2.01. The average molecular weight is 292 g/mol. The fourth-order valence-electron chi connectivity index (χ4n) is 2.13. The minimum atomic E-state index is -0.211. The zero-order valence-corrected chi connectivity index (χ0v) is 14.5. The molecule has 0 rings (SSSR count). The van der Waals surface area contributed by atoms with Gasteiger partial charge in [-0.05, 0) is 59.3 Å². The summed E-state index contributed by atoms with van der Waals surface area (Å²) in [6, 6.07) is 0. The number of rotatable bonds is 10. The summed E-state index contributed by atoms with van der Waals surface area (Å²) in [5.74, 6) is -0.211. The van der Waals surface area contributed by atoms with Gasteiger partial charge < -0.3 is 4.74 Å². The van der Waals surface area contributed by atoms with Gasteiger partial charge in [0.25, 0.3) is 0 Å². The molecule has 0 aromatic carbocycles. The maximum absolute atomic E-state index is 11.5. The van der Waals surface area contributed by atoms with Gasteiger partial charge in [-0.3, -0.25) is 0 Å². The number of esters is 1. The molecule has 2 heteroatoms. The van der Waals surface area contributed by atoms with Crippen LogP contribution in [0.15, 0.2) is 34.9 Å². The molecule has 0 spiro atoms. The van der Waals surface area contributed by atoms with Crippen LogP contribution in [0.1, 0.15) is 73.1 Å². The molecule has 0 amide bonds. The third kappa shape index (κ3) is 11.1. The van der Waals surface area contributed by atoms with Crippen LogP contribution >= 0.6 is 0 Å². The molecule has 0 radical (unpaired) electrons. The van der Waals surface area contributed by atoms with Gasteiger partial charge in [0.05, 0.1) is 6.61 Å². The Kier molecular flexibility index (Phi) is 11.7. The lowest BCUT2D eigenvalue weighted by atomic mass is 10.0. The van der Waals surface area contributed by atoms with E-state index < -0.39 is 0 Å². The van der Waals surface area contributed by atoms with E-state index in [0.717, 1.165) is 38.5 Å². The lowest BCUT2D eigenvalue weighted by molar-refractivity contribution is -0.137. The molecule has 21 heavy (non-hydrogen) atoms. The Balaban J connectivity index is 4.35. The zero-order valence-electron chi connectivity index (χ0n) is 14.5. The summed E-state index contributed by atoms with van der Waals surface area (Å²) in [6.45, 7) is 10.9. The highest BCUT2D eigenvalue weighted by atomic mass is 16.5. The van der Waals surface area contributed by atoms with Crippen molar-refractivity contribution >= 4 is 5.97 Å². The number of hydrogen-bond donors (Lipinski definition) is 0. The molecule has 0 N–H and O–H groups in total. The summed E-state index contributed by atoms with van der Waals surface area (Å²) in [5, 5.41) is 0. The van der Waals surface area contributed by atoms with Crippen LogP contribution in [-0.2, 0) is 9.53 Å². The van der Waals surface area contributed by atoms with Gasteiger partial charge in [-0.15, -0.1) is 0 Å². The van der Waals surface area contributed by atoms with E-state index in [9.17, 15) is 4.79 Å². The fraction of sp³-hybridized carbons (Fsp3) is 0.632. The molecular weight excluding hydrogens is 260 g/mol. The minimum Gasteiger partial charge on any atom is -0.463 e. The standard InChI is InChI=1S/C19H32O2/c1-6-17(12-9-11-16(4)5)13-10-14-18(7-2)15-19(20)21-8-3/h11,13,15H,6-10,12,14H2,1-5H3. The van der Waals surface area contributed by atoms with Gasteiger partial charge in [-0.25, -0.2) is 4.79 Å². The molecule has 0 aliphatic heterocycles. The quantitative estimate of drug-likeness (QED) is 0.291. The van der Waals surface area contributed by atoms with Gasteiger partial charge >= 0.3 is 5.97 Å². The maximum atomic E-state index is 11.5. The van der Waals surface area contributed by atoms with Crippen molar-refractivity contribution in [2.24, 2.45) is 0 Å². The first-order chi connectivity index (χ1) is 10.0. The molecule has 0 aromatic rings. The molecule has 0 saturated carbocycles. The van der Waals surface area contributed by atoms with Gasteiger partial charge in [0.15, 0.2) is 0 Å². The number of carbonyl (C=O) groups excluding carboxylic acids is 1. The van der Waals surface area contributed by atoms with Gasteiger partial charge in [0.2, 0.25) is 0 Å². The van der Waals surface area contributed by atoms with Crippen LogP contribution in [0.25, 0.3) is 0 Å². The first kappa shape index (κ1) is 19.7. The smallest absolute Gasteiger partial charge is 0.330 e. The summed E-state index contributed by atoms with van der Waals surface area (Å²) in [4.78, 5) is 11.5. The molecule has 2 nitrogen and oxygen atoms in total. The van der Waals surface area contributed by atoms with E-state index in [0.29, 0.717) is 6.61 Å². The summed E-state index contributed by atoms with van der Waals surface area (Å²) < 4.78 is 4.96. The van der Waals surface area contributed by atoms with E-state index >= 15 is 0 Å². The van der Waals surface area contributed by atoms with Gasteiger partial charge in [0.1, 0.15) is 0 Å².